The number of hydrogen-bond acceptors (Lipinski definition) is 2. The minimum Gasteiger partial charge on any atom is -0.324 e. The standard InChI is InChI=1S/C16H23NO/c1-12(18)11-16(17)15-9-7-14(8-10-15)13-5-3-2-4-6-13/h7-10,13,16H,2-6,11,17H2,1H3. The Balaban J connectivity index is 2.02. The van der Waals surface area contributed by atoms with Crippen molar-refractivity contribution in [3.63, 3.8) is 0 Å². The van der Waals surface area contributed by atoms with E-state index in [0.717, 1.165) is 11.5 Å². The van der Waals surface area contributed by atoms with Gasteiger partial charge in [0.1, 0.15) is 5.78 Å². The first-order valence-electron chi connectivity index (χ1n) is 7.01. The van der Waals surface area contributed by atoms with Gasteiger partial charge in [-0.15, -0.1) is 0 Å². The first kappa shape index (κ1) is 13.3. The molecule has 1 atom stereocenters. The molecule has 1 aliphatic carbocycles. The van der Waals surface area contributed by atoms with Crippen molar-refractivity contribution in [1.82, 2.24) is 0 Å². The quantitative estimate of drug-likeness (QED) is 0.878. The average molecular weight is 245 g/mol. The van der Waals surface area contributed by atoms with Crippen LogP contribution in [0.1, 0.15) is 68.5 Å². The smallest absolute Gasteiger partial charge is 0.131 e. The number of nitrogens with two attached hydrogens (primary N) is 1. The Morgan fingerprint density at radius 2 is 1.83 bits per heavy atom. The van der Waals surface area contributed by atoms with Crippen LogP contribution in [0.2, 0.25) is 0 Å². The van der Waals surface area contributed by atoms with Crippen molar-refractivity contribution in [3.05, 3.63) is 35.4 Å². The second kappa shape index (κ2) is 6.14. The van der Waals surface area contributed by atoms with Gasteiger partial charge in [-0.2, -0.15) is 0 Å². The molecular formula is C16H23NO. The highest BCUT2D eigenvalue weighted by molar-refractivity contribution is 5.76. The zero-order valence-electron chi connectivity index (χ0n) is 11.2. The van der Waals surface area contributed by atoms with Crippen LogP contribution < -0.4 is 5.73 Å². The lowest BCUT2D eigenvalue weighted by molar-refractivity contribution is -0.117. The lowest BCUT2D eigenvalue weighted by atomic mass is 9.83. The zero-order valence-corrected chi connectivity index (χ0v) is 11.2. The molecule has 0 aliphatic heterocycles. The summed E-state index contributed by atoms with van der Waals surface area (Å²) in [5, 5.41) is 0. The highest BCUT2D eigenvalue weighted by Crippen LogP contribution is 2.33. The van der Waals surface area contributed by atoms with Crippen LogP contribution in [0.3, 0.4) is 0 Å². The molecule has 0 aromatic heterocycles. The molecule has 2 heteroatoms. The van der Waals surface area contributed by atoms with E-state index in [-0.39, 0.29) is 11.8 Å². The van der Waals surface area contributed by atoms with Crippen LogP contribution in [0.4, 0.5) is 0 Å². The van der Waals surface area contributed by atoms with E-state index >= 15 is 0 Å². The maximum absolute atomic E-state index is 11.1. The van der Waals surface area contributed by atoms with E-state index in [1.54, 1.807) is 6.92 Å². The molecule has 1 unspecified atom stereocenters. The van der Waals surface area contributed by atoms with Crippen molar-refractivity contribution in [2.45, 2.75) is 57.4 Å². The van der Waals surface area contributed by atoms with Crippen molar-refractivity contribution in [3.8, 4) is 0 Å². The van der Waals surface area contributed by atoms with Gasteiger partial charge in [-0.1, -0.05) is 43.5 Å². The Labute approximate surface area is 110 Å². The van der Waals surface area contributed by atoms with Crippen LogP contribution in [-0.4, -0.2) is 5.78 Å². The molecule has 0 heterocycles. The summed E-state index contributed by atoms with van der Waals surface area (Å²) < 4.78 is 0. The van der Waals surface area contributed by atoms with Crippen LogP contribution in [0.15, 0.2) is 24.3 Å². The summed E-state index contributed by atoms with van der Waals surface area (Å²) in [6.45, 7) is 1.59. The molecule has 18 heavy (non-hydrogen) atoms. The van der Waals surface area contributed by atoms with E-state index in [4.69, 9.17) is 5.73 Å². The second-order valence-electron chi connectivity index (χ2n) is 5.51. The van der Waals surface area contributed by atoms with E-state index in [9.17, 15) is 4.79 Å². The Bertz CT molecular complexity index is 390. The summed E-state index contributed by atoms with van der Waals surface area (Å²) in [5.74, 6) is 0.885. The third-order valence-electron chi connectivity index (χ3n) is 3.95. The molecule has 0 bridgehead atoms. The summed E-state index contributed by atoms with van der Waals surface area (Å²) in [7, 11) is 0. The van der Waals surface area contributed by atoms with Gasteiger partial charge in [-0.25, -0.2) is 0 Å². The van der Waals surface area contributed by atoms with E-state index in [1.165, 1.54) is 37.7 Å². The summed E-state index contributed by atoms with van der Waals surface area (Å²) in [6, 6.07) is 8.44. The minimum atomic E-state index is -0.150. The van der Waals surface area contributed by atoms with Crippen molar-refractivity contribution < 1.29 is 4.79 Å². The number of benzene rings is 1. The monoisotopic (exact) mass is 245 g/mol. The topological polar surface area (TPSA) is 43.1 Å². The Morgan fingerprint density at radius 3 is 2.39 bits per heavy atom. The zero-order chi connectivity index (χ0) is 13.0. The molecule has 1 aliphatic rings. The highest BCUT2D eigenvalue weighted by Gasteiger charge is 2.16. The normalized spacial score (nSPS) is 18.6. The Kier molecular flexibility index (Phi) is 4.54. The number of hydrogen-bond donors (Lipinski definition) is 1. The molecule has 0 spiro atoms. The van der Waals surface area contributed by atoms with Crippen LogP contribution >= 0.6 is 0 Å². The van der Waals surface area contributed by atoms with Gasteiger partial charge in [0.15, 0.2) is 0 Å². The van der Waals surface area contributed by atoms with Gasteiger partial charge in [0.25, 0.3) is 0 Å². The molecule has 2 nitrogen and oxygen atoms in total. The number of ketones is 1. The van der Waals surface area contributed by atoms with Gasteiger partial charge in [-0.05, 0) is 36.8 Å². The fourth-order valence-corrected chi connectivity index (χ4v) is 2.88. The first-order chi connectivity index (χ1) is 8.66. The summed E-state index contributed by atoms with van der Waals surface area (Å²) in [4.78, 5) is 11.1. The van der Waals surface area contributed by atoms with Crippen molar-refractivity contribution in [2.75, 3.05) is 0 Å². The van der Waals surface area contributed by atoms with Crippen LogP contribution in [0.5, 0.6) is 0 Å². The molecule has 0 amide bonds. The van der Waals surface area contributed by atoms with Gasteiger partial charge < -0.3 is 5.73 Å². The van der Waals surface area contributed by atoms with E-state index in [1.807, 2.05) is 0 Å². The lowest BCUT2D eigenvalue weighted by Crippen LogP contribution is -2.14. The Morgan fingerprint density at radius 1 is 1.22 bits per heavy atom. The number of carbonyl (C=O) groups is 1. The summed E-state index contributed by atoms with van der Waals surface area (Å²) in [5.41, 5.74) is 8.52. The third kappa shape index (κ3) is 3.42. The van der Waals surface area contributed by atoms with Crippen LogP contribution in [0, 0.1) is 0 Å². The molecule has 1 fully saturated rings. The molecule has 2 N–H and O–H groups in total. The second-order valence-corrected chi connectivity index (χ2v) is 5.51. The minimum absolute atomic E-state index is 0.150. The molecule has 1 aromatic carbocycles. The van der Waals surface area contributed by atoms with Crippen LogP contribution in [0.25, 0.3) is 0 Å². The lowest BCUT2D eigenvalue weighted by Gasteiger charge is -2.22. The fourth-order valence-electron chi connectivity index (χ4n) is 2.88. The predicted octanol–water partition coefficient (Wildman–Crippen LogP) is 3.71. The molecular weight excluding hydrogens is 222 g/mol. The molecule has 1 saturated carbocycles. The fraction of sp³-hybridized carbons (Fsp3) is 0.562. The molecule has 0 saturated heterocycles. The number of carbonyl (C=O) groups excluding carboxylic acids is 1. The van der Waals surface area contributed by atoms with Crippen molar-refractivity contribution in [2.24, 2.45) is 5.73 Å². The summed E-state index contributed by atoms with van der Waals surface area (Å²) in [6.07, 6.45) is 7.17. The van der Waals surface area contributed by atoms with Crippen molar-refractivity contribution >= 4 is 5.78 Å². The van der Waals surface area contributed by atoms with Crippen LogP contribution in [-0.2, 0) is 4.79 Å². The van der Waals surface area contributed by atoms with Gasteiger partial charge in [0.05, 0.1) is 0 Å². The van der Waals surface area contributed by atoms with Gasteiger partial charge >= 0.3 is 0 Å². The van der Waals surface area contributed by atoms with Gasteiger partial charge in [0.2, 0.25) is 0 Å². The average Bonchev–Trinajstić information content (AvgIpc) is 2.39. The molecule has 2 rings (SSSR count). The predicted molar refractivity (Wildman–Crippen MR) is 74.5 cm³/mol. The maximum Gasteiger partial charge on any atom is 0.131 e. The number of rotatable bonds is 4. The SMILES string of the molecule is CC(=O)CC(N)c1ccc(C2CCCCC2)cc1. The molecule has 1 aromatic rings. The van der Waals surface area contributed by atoms with Gasteiger partial charge in [-0.3, -0.25) is 4.79 Å². The maximum atomic E-state index is 11.1. The molecule has 0 radical (unpaired) electrons. The van der Waals surface area contributed by atoms with Crippen molar-refractivity contribution in [1.29, 1.82) is 0 Å². The van der Waals surface area contributed by atoms with Gasteiger partial charge in [0, 0.05) is 12.5 Å². The largest absolute Gasteiger partial charge is 0.324 e. The third-order valence-corrected chi connectivity index (χ3v) is 3.95. The highest BCUT2D eigenvalue weighted by atomic mass is 16.1. The number of Topliss-reactive ketones (excluding diaryl/α,β-unsaturated/α-hetero) is 1. The molecule has 98 valence electrons. The first-order valence-corrected chi connectivity index (χ1v) is 7.01. The van der Waals surface area contributed by atoms with E-state index in [2.05, 4.69) is 24.3 Å². The Hall–Kier alpha value is -1.15. The summed E-state index contributed by atoms with van der Waals surface area (Å²) >= 11 is 0. The van der Waals surface area contributed by atoms with E-state index < -0.39 is 0 Å². The van der Waals surface area contributed by atoms with E-state index in [0.29, 0.717) is 6.42 Å².